The molecule has 7 nitrogen and oxygen atoms in total. The second kappa shape index (κ2) is 23.1. The monoisotopic (exact) mass is 811 g/mol. The summed E-state index contributed by atoms with van der Waals surface area (Å²) in [4.78, 5) is 12.6. The van der Waals surface area contributed by atoms with Gasteiger partial charge in [-0.05, 0) is 136 Å². The van der Waals surface area contributed by atoms with Crippen molar-refractivity contribution in [2.75, 3.05) is 6.61 Å². The average Bonchev–Trinajstić information content (AvgIpc) is 3.56. The van der Waals surface area contributed by atoms with Crippen LogP contribution in [0.4, 0.5) is 0 Å². The maximum atomic E-state index is 12.6. The lowest BCUT2D eigenvalue weighted by Gasteiger charge is -2.58. The highest BCUT2D eigenvalue weighted by Gasteiger charge is 2.59. The van der Waals surface area contributed by atoms with E-state index in [2.05, 4.69) is 71.9 Å². The SMILES string of the molecule is CCCCC/C=C\C/C=C\CCCCCCCC(=O)OCC1O[C@@H](O[C@H]2CC[C@@]3(C)C(=CC[C@H]4[C@@H]5CC[C@H]([C@H](C)CCCC(C)C)[C@@]5(C)CC[C@@H]43)C2)C(O)C(O)[C@@H]1O. The molecule has 58 heavy (non-hydrogen) atoms. The van der Waals surface area contributed by atoms with Gasteiger partial charge >= 0.3 is 5.97 Å². The molecule has 4 aliphatic carbocycles. The van der Waals surface area contributed by atoms with Gasteiger partial charge in [0, 0.05) is 6.42 Å². The van der Waals surface area contributed by atoms with Crippen LogP contribution < -0.4 is 0 Å². The van der Waals surface area contributed by atoms with Crippen LogP contribution in [0, 0.1) is 46.3 Å². The normalized spacial score (nSPS) is 36.8. The van der Waals surface area contributed by atoms with Crippen molar-refractivity contribution in [3.63, 3.8) is 0 Å². The van der Waals surface area contributed by atoms with E-state index in [0.29, 0.717) is 17.8 Å². The van der Waals surface area contributed by atoms with Crippen molar-refractivity contribution in [2.45, 2.75) is 226 Å². The molecule has 0 radical (unpaired) electrons. The first kappa shape index (κ1) is 47.5. The smallest absolute Gasteiger partial charge is 0.305 e. The Hall–Kier alpha value is -1.51. The van der Waals surface area contributed by atoms with Crippen LogP contribution in [0.5, 0.6) is 0 Å². The fourth-order valence-electron chi connectivity index (χ4n) is 12.5. The first-order valence-electron chi connectivity index (χ1n) is 24.4. The van der Waals surface area contributed by atoms with Crippen molar-refractivity contribution >= 4 is 5.97 Å². The van der Waals surface area contributed by atoms with Gasteiger partial charge in [0.15, 0.2) is 6.29 Å². The molecule has 1 heterocycles. The van der Waals surface area contributed by atoms with Crippen molar-refractivity contribution in [3.05, 3.63) is 36.0 Å². The number of aliphatic hydroxyl groups excluding tert-OH is 3. The maximum absolute atomic E-state index is 12.6. The average molecular weight is 811 g/mol. The van der Waals surface area contributed by atoms with E-state index in [9.17, 15) is 20.1 Å². The molecule has 0 bridgehead atoms. The minimum absolute atomic E-state index is 0.143. The summed E-state index contributed by atoms with van der Waals surface area (Å²) in [7, 11) is 0. The summed E-state index contributed by atoms with van der Waals surface area (Å²) in [5.41, 5.74) is 2.13. The van der Waals surface area contributed by atoms with E-state index in [4.69, 9.17) is 14.2 Å². The predicted octanol–water partition coefficient (Wildman–Crippen LogP) is 11.6. The largest absolute Gasteiger partial charge is 0.463 e. The van der Waals surface area contributed by atoms with Gasteiger partial charge < -0.3 is 29.5 Å². The Labute approximate surface area is 354 Å². The third-order valence-corrected chi connectivity index (χ3v) is 16.0. The van der Waals surface area contributed by atoms with Gasteiger partial charge in [0.05, 0.1) is 6.10 Å². The number of fused-ring (bicyclic) bond motifs is 5. The summed E-state index contributed by atoms with van der Waals surface area (Å²) in [6, 6.07) is 0. The molecule has 3 unspecified atom stereocenters. The van der Waals surface area contributed by atoms with E-state index in [-0.39, 0.29) is 24.1 Å². The van der Waals surface area contributed by atoms with Crippen LogP contribution in [0.15, 0.2) is 36.0 Å². The van der Waals surface area contributed by atoms with Crippen LogP contribution in [0.25, 0.3) is 0 Å². The Morgan fingerprint density at radius 2 is 1.55 bits per heavy atom. The third kappa shape index (κ3) is 12.3. The highest BCUT2D eigenvalue weighted by molar-refractivity contribution is 5.69. The van der Waals surface area contributed by atoms with E-state index in [1.807, 2.05) is 0 Å². The van der Waals surface area contributed by atoms with E-state index >= 15 is 0 Å². The van der Waals surface area contributed by atoms with Crippen LogP contribution in [0.2, 0.25) is 0 Å². The number of hydrogen-bond donors (Lipinski definition) is 3. The molecule has 5 rings (SSSR count). The summed E-state index contributed by atoms with van der Waals surface area (Å²) >= 11 is 0. The Morgan fingerprint density at radius 3 is 2.29 bits per heavy atom. The number of carbonyl (C=O) groups excluding carboxylic acids is 1. The molecule has 0 amide bonds. The second-order valence-electron chi connectivity index (χ2n) is 20.5. The minimum atomic E-state index is -1.45. The summed E-state index contributed by atoms with van der Waals surface area (Å²) < 4.78 is 18.0. The molecule has 5 aliphatic rings. The van der Waals surface area contributed by atoms with Crippen LogP contribution in [-0.2, 0) is 19.0 Å². The molecule has 1 saturated heterocycles. The molecule has 332 valence electrons. The van der Waals surface area contributed by atoms with E-state index in [1.54, 1.807) is 0 Å². The van der Waals surface area contributed by atoms with Gasteiger partial charge in [0.25, 0.3) is 0 Å². The van der Waals surface area contributed by atoms with Gasteiger partial charge in [-0.1, -0.05) is 129 Å². The molecule has 0 aromatic heterocycles. The lowest BCUT2D eigenvalue weighted by Crippen LogP contribution is -2.60. The number of allylic oxidation sites excluding steroid dienone is 5. The predicted molar refractivity (Wildman–Crippen MR) is 235 cm³/mol. The van der Waals surface area contributed by atoms with Crippen molar-refractivity contribution < 1.29 is 34.3 Å². The zero-order valence-electron chi connectivity index (χ0n) is 37.8. The Balaban J connectivity index is 1.02. The fraction of sp³-hybridized carbons (Fsp3) is 0.863. The molecular formula is C51H86O7. The molecule has 1 aliphatic heterocycles. The number of esters is 1. The zero-order chi connectivity index (χ0) is 41.7. The minimum Gasteiger partial charge on any atom is -0.463 e. The molecular weight excluding hydrogens is 725 g/mol. The Kier molecular flexibility index (Phi) is 18.9. The van der Waals surface area contributed by atoms with Gasteiger partial charge in [0.1, 0.15) is 31.0 Å². The first-order chi connectivity index (χ1) is 27.9. The number of unbranched alkanes of at least 4 members (excludes halogenated alkanes) is 8. The van der Waals surface area contributed by atoms with Crippen LogP contribution in [0.1, 0.15) is 189 Å². The second-order valence-corrected chi connectivity index (χ2v) is 20.5. The topological polar surface area (TPSA) is 105 Å². The van der Waals surface area contributed by atoms with E-state index in [0.717, 1.165) is 100 Å². The van der Waals surface area contributed by atoms with E-state index in [1.165, 1.54) is 76.2 Å². The standard InChI is InChI=1S/C51H86O7/c1-7-8-9-10-11-12-13-14-15-16-17-18-19-20-21-25-45(52)56-35-44-46(53)47(54)48(55)49(58-44)57-39-30-32-50(5)38(34-39)26-27-40-42-29-28-41(37(4)24-22-23-36(2)3)51(42,6)33-31-43(40)50/h11-12,14-15,26,36-37,39-44,46-49,53-55H,7-10,13,16-25,27-35H2,1-6H3/b12-11-,15-14-/t37-,39+,40+,41-,42+,43+,44?,46-,47?,48?,49-,50+,51-/m1/s1. The number of rotatable bonds is 23. The van der Waals surface area contributed by atoms with Crippen molar-refractivity contribution in [1.82, 2.24) is 0 Å². The first-order valence-corrected chi connectivity index (χ1v) is 24.4. The number of aliphatic hydroxyl groups is 3. The van der Waals surface area contributed by atoms with Gasteiger partial charge in [-0.2, -0.15) is 0 Å². The highest BCUT2D eigenvalue weighted by Crippen LogP contribution is 2.67. The van der Waals surface area contributed by atoms with Crippen molar-refractivity contribution in [1.29, 1.82) is 0 Å². The number of carbonyl (C=O) groups is 1. The summed E-state index contributed by atoms with van der Waals surface area (Å²) in [5, 5.41) is 32.5. The van der Waals surface area contributed by atoms with Gasteiger partial charge in [-0.15, -0.1) is 0 Å². The van der Waals surface area contributed by atoms with Gasteiger partial charge in [0.2, 0.25) is 0 Å². The van der Waals surface area contributed by atoms with E-state index < -0.39 is 30.7 Å². The van der Waals surface area contributed by atoms with Gasteiger partial charge in [-0.3, -0.25) is 4.79 Å². The maximum Gasteiger partial charge on any atom is 0.305 e. The lowest BCUT2D eigenvalue weighted by atomic mass is 9.47. The lowest BCUT2D eigenvalue weighted by molar-refractivity contribution is -0.313. The van der Waals surface area contributed by atoms with Crippen LogP contribution in [-0.4, -0.2) is 64.7 Å². The highest BCUT2D eigenvalue weighted by atomic mass is 16.7. The fourth-order valence-corrected chi connectivity index (χ4v) is 12.5. The third-order valence-electron chi connectivity index (χ3n) is 16.0. The Bertz CT molecular complexity index is 1320. The molecule has 0 spiro atoms. The molecule has 4 fully saturated rings. The molecule has 7 heteroatoms. The van der Waals surface area contributed by atoms with Crippen molar-refractivity contribution in [3.8, 4) is 0 Å². The van der Waals surface area contributed by atoms with Gasteiger partial charge in [-0.25, -0.2) is 0 Å². The molecule has 3 saturated carbocycles. The Morgan fingerprint density at radius 1 is 0.828 bits per heavy atom. The summed E-state index contributed by atoms with van der Waals surface area (Å²) in [6.07, 6.45) is 31.3. The molecule has 0 aromatic rings. The number of hydrogen-bond acceptors (Lipinski definition) is 7. The zero-order valence-corrected chi connectivity index (χ0v) is 37.8. The number of ether oxygens (including phenoxy) is 3. The van der Waals surface area contributed by atoms with Crippen LogP contribution >= 0.6 is 0 Å². The van der Waals surface area contributed by atoms with Crippen LogP contribution in [0.3, 0.4) is 0 Å². The molecule has 3 N–H and O–H groups in total. The quantitative estimate of drug-likeness (QED) is 0.0536. The summed E-state index contributed by atoms with van der Waals surface area (Å²) in [6.45, 7) is 14.5. The van der Waals surface area contributed by atoms with Crippen molar-refractivity contribution in [2.24, 2.45) is 46.3 Å². The molecule has 13 atom stereocenters. The molecule has 0 aromatic carbocycles. The summed E-state index contributed by atoms with van der Waals surface area (Å²) in [5.74, 6) is 4.41.